The lowest BCUT2D eigenvalue weighted by atomic mass is 10.2. The van der Waals surface area contributed by atoms with Crippen molar-refractivity contribution in [2.24, 2.45) is 0 Å². The van der Waals surface area contributed by atoms with Crippen LogP contribution in [0, 0.1) is 3.70 Å². The van der Waals surface area contributed by atoms with Crippen molar-refractivity contribution in [3.8, 4) is 5.69 Å². The number of halogens is 1. The number of carbonyl (C=O) groups is 1. The number of benzene rings is 1. The minimum atomic E-state index is -0.0794. The van der Waals surface area contributed by atoms with Crippen LogP contribution < -0.4 is 10.6 Å². The predicted octanol–water partition coefficient (Wildman–Crippen LogP) is 2.08. The van der Waals surface area contributed by atoms with Gasteiger partial charge < -0.3 is 15.5 Å². The highest BCUT2D eigenvalue weighted by molar-refractivity contribution is 14.1. The van der Waals surface area contributed by atoms with Gasteiger partial charge in [-0.1, -0.05) is 6.08 Å². The first-order valence-electron chi connectivity index (χ1n) is 8.22. The molecule has 140 valence electrons. The average molecular weight is 477 g/mol. The van der Waals surface area contributed by atoms with E-state index >= 15 is 0 Å². The number of amides is 1. The molecular weight excluding hydrogens is 457 g/mol. The number of likely N-dealkylation sites (N-methyl/N-ethyl adjacent to an activating group) is 2. The van der Waals surface area contributed by atoms with Gasteiger partial charge in [0.25, 0.3) is 0 Å². The first kappa shape index (κ1) is 19.2. The molecule has 0 saturated heterocycles. The maximum absolute atomic E-state index is 12.3. The van der Waals surface area contributed by atoms with Crippen molar-refractivity contribution in [2.45, 2.75) is 0 Å². The van der Waals surface area contributed by atoms with Crippen LogP contribution in [0.1, 0.15) is 0 Å². The number of nitrogen functional groups attached to an aromatic ring is 1. The second-order valence-corrected chi connectivity index (χ2v) is 7.26. The molecule has 2 heterocycles. The molecule has 1 aromatic carbocycles. The van der Waals surface area contributed by atoms with E-state index in [9.17, 15) is 4.79 Å². The monoisotopic (exact) mass is 477 g/mol. The smallest absolute Gasteiger partial charge is 0.250 e. The maximum atomic E-state index is 12.3. The van der Waals surface area contributed by atoms with Gasteiger partial charge in [-0.3, -0.25) is 4.79 Å². The molecule has 0 aliphatic rings. The molecule has 0 saturated carbocycles. The highest BCUT2D eigenvalue weighted by Crippen LogP contribution is 2.26. The lowest BCUT2D eigenvalue weighted by Crippen LogP contribution is -2.24. The maximum Gasteiger partial charge on any atom is 0.250 e. The van der Waals surface area contributed by atoms with Gasteiger partial charge in [0.15, 0.2) is 5.65 Å². The van der Waals surface area contributed by atoms with Crippen LogP contribution in [0.2, 0.25) is 0 Å². The molecule has 2 aromatic heterocycles. The van der Waals surface area contributed by atoms with Gasteiger partial charge in [-0.2, -0.15) is 5.10 Å². The van der Waals surface area contributed by atoms with Crippen LogP contribution in [0.4, 0.5) is 11.5 Å². The zero-order valence-corrected chi connectivity index (χ0v) is 17.5. The number of nitrogens with two attached hydrogens (primary N) is 1. The summed E-state index contributed by atoms with van der Waals surface area (Å²) < 4.78 is 2.46. The summed E-state index contributed by atoms with van der Waals surface area (Å²) in [6.45, 7) is 0.717. The highest BCUT2D eigenvalue weighted by Gasteiger charge is 2.15. The molecule has 0 fully saturated rings. The Hall–Kier alpha value is -2.53. The van der Waals surface area contributed by atoms with Crippen LogP contribution in [0.5, 0.6) is 0 Å². The van der Waals surface area contributed by atoms with Crippen molar-refractivity contribution in [1.82, 2.24) is 24.6 Å². The van der Waals surface area contributed by atoms with Gasteiger partial charge >= 0.3 is 0 Å². The van der Waals surface area contributed by atoms with E-state index in [0.717, 1.165) is 20.5 Å². The Balaban J connectivity index is 1.85. The fraction of sp³-hybridized carbons (Fsp3) is 0.222. The van der Waals surface area contributed by atoms with Crippen molar-refractivity contribution in [3.05, 3.63) is 46.4 Å². The molecule has 2 N–H and O–H groups in total. The Labute approximate surface area is 170 Å². The molecule has 0 radical (unpaired) electrons. The minimum Gasteiger partial charge on any atom is -0.383 e. The Morgan fingerprint density at radius 2 is 1.93 bits per heavy atom. The van der Waals surface area contributed by atoms with Gasteiger partial charge in [0.2, 0.25) is 5.91 Å². The minimum absolute atomic E-state index is 0.0794. The van der Waals surface area contributed by atoms with Crippen molar-refractivity contribution in [2.75, 3.05) is 38.3 Å². The van der Waals surface area contributed by atoms with Gasteiger partial charge in [-0.15, -0.1) is 0 Å². The van der Waals surface area contributed by atoms with Crippen LogP contribution in [-0.4, -0.2) is 58.2 Å². The number of rotatable bonds is 5. The normalized spacial score (nSPS) is 11.6. The highest BCUT2D eigenvalue weighted by atomic mass is 127. The number of hydrogen-bond acceptors (Lipinski definition) is 6. The molecule has 0 aliphatic carbocycles. The van der Waals surface area contributed by atoms with Gasteiger partial charge in [-0.25, -0.2) is 14.6 Å². The van der Waals surface area contributed by atoms with Gasteiger partial charge in [-0.05, 0) is 61.0 Å². The molecule has 0 bridgehead atoms. The summed E-state index contributed by atoms with van der Waals surface area (Å²) in [7, 11) is 5.66. The largest absolute Gasteiger partial charge is 0.383 e. The second kappa shape index (κ2) is 8.01. The van der Waals surface area contributed by atoms with E-state index in [1.807, 2.05) is 49.3 Å². The Morgan fingerprint density at radius 3 is 2.59 bits per heavy atom. The first-order chi connectivity index (χ1) is 12.9. The van der Waals surface area contributed by atoms with Crippen molar-refractivity contribution in [1.29, 1.82) is 0 Å². The molecule has 3 rings (SSSR count). The van der Waals surface area contributed by atoms with Gasteiger partial charge in [0, 0.05) is 25.4 Å². The zero-order chi connectivity index (χ0) is 19.6. The first-order valence-corrected chi connectivity index (χ1v) is 9.30. The summed E-state index contributed by atoms with van der Waals surface area (Å²) >= 11 is 2.12. The molecule has 3 aromatic rings. The van der Waals surface area contributed by atoms with Crippen LogP contribution in [0.3, 0.4) is 0 Å². The number of nitrogens with zero attached hydrogens (tertiary/aromatic N) is 6. The Morgan fingerprint density at radius 1 is 1.22 bits per heavy atom. The third-order valence-corrected chi connectivity index (χ3v) is 4.75. The molecule has 8 nitrogen and oxygen atoms in total. The summed E-state index contributed by atoms with van der Waals surface area (Å²) in [5.74, 6) is 0.325. The zero-order valence-electron chi connectivity index (χ0n) is 15.3. The van der Waals surface area contributed by atoms with E-state index in [-0.39, 0.29) is 5.91 Å². The summed E-state index contributed by atoms with van der Waals surface area (Å²) in [6.07, 6.45) is 4.85. The number of aromatic nitrogens is 4. The number of carbonyl (C=O) groups excluding carboxylic acids is 1. The van der Waals surface area contributed by atoms with E-state index in [0.29, 0.717) is 18.0 Å². The third kappa shape index (κ3) is 4.08. The number of anilines is 2. The van der Waals surface area contributed by atoms with Crippen molar-refractivity contribution < 1.29 is 4.79 Å². The molecule has 9 heteroatoms. The lowest BCUT2D eigenvalue weighted by Gasteiger charge is -2.16. The Bertz CT molecular complexity index is 995. The average Bonchev–Trinajstić information content (AvgIpc) is 2.99. The molecular formula is C18H20IN7O. The van der Waals surface area contributed by atoms with E-state index < -0.39 is 0 Å². The lowest BCUT2D eigenvalue weighted by molar-refractivity contribution is -0.113. The SMILES string of the molecule is CN(C)CC=CC(=O)N(C)c1ccc(-n2nc(I)c3c(N)ncnc32)cc1. The standard InChI is InChI=1S/C18H20IN7O/c1-24(2)10-4-5-14(27)25(3)12-6-8-13(9-7-12)26-18-15(16(19)23-26)17(20)21-11-22-18/h4-9,11H,10H2,1-3H3,(H2,20,21,22). The van der Waals surface area contributed by atoms with E-state index in [2.05, 4.69) is 37.7 Å². The fourth-order valence-corrected chi connectivity index (χ4v) is 3.27. The Kier molecular flexibility index (Phi) is 5.71. The predicted molar refractivity (Wildman–Crippen MR) is 115 cm³/mol. The second-order valence-electron chi connectivity index (χ2n) is 6.24. The number of fused-ring (bicyclic) bond motifs is 1. The van der Waals surface area contributed by atoms with Crippen LogP contribution in [-0.2, 0) is 4.79 Å². The van der Waals surface area contributed by atoms with Gasteiger partial charge in [0.1, 0.15) is 15.8 Å². The summed E-state index contributed by atoms with van der Waals surface area (Å²) in [5.41, 5.74) is 8.21. The van der Waals surface area contributed by atoms with Crippen molar-refractivity contribution >= 4 is 51.0 Å². The molecule has 0 aliphatic heterocycles. The molecule has 1 amide bonds. The summed E-state index contributed by atoms with van der Waals surface area (Å²) in [4.78, 5) is 24.2. The number of hydrogen-bond donors (Lipinski definition) is 1. The quantitative estimate of drug-likeness (QED) is 0.447. The molecule has 0 atom stereocenters. The summed E-state index contributed by atoms with van der Waals surface area (Å²) in [5, 5.41) is 5.25. The van der Waals surface area contributed by atoms with E-state index in [1.165, 1.54) is 6.33 Å². The van der Waals surface area contributed by atoms with E-state index in [1.54, 1.807) is 22.7 Å². The van der Waals surface area contributed by atoms with Crippen LogP contribution in [0.15, 0.2) is 42.7 Å². The van der Waals surface area contributed by atoms with Crippen LogP contribution >= 0.6 is 22.6 Å². The van der Waals surface area contributed by atoms with E-state index in [4.69, 9.17) is 5.73 Å². The molecule has 0 spiro atoms. The van der Waals surface area contributed by atoms with Crippen molar-refractivity contribution in [3.63, 3.8) is 0 Å². The molecule has 0 unspecified atom stereocenters. The summed E-state index contributed by atoms with van der Waals surface area (Å²) in [6, 6.07) is 7.53. The fourth-order valence-electron chi connectivity index (χ4n) is 2.53. The third-order valence-electron chi connectivity index (χ3n) is 3.99. The topological polar surface area (TPSA) is 93.2 Å². The molecule has 27 heavy (non-hydrogen) atoms. The van der Waals surface area contributed by atoms with Gasteiger partial charge in [0.05, 0.1) is 11.1 Å². The van der Waals surface area contributed by atoms with Crippen LogP contribution in [0.25, 0.3) is 16.7 Å².